The summed E-state index contributed by atoms with van der Waals surface area (Å²) in [7, 11) is 0. The van der Waals surface area contributed by atoms with Crippen LogP contribution in [0.3, 0.4) is 0 Å². The second kappa shape index (κ2) is 5.42. The number of nitrogens with one attached hydrogen (secondary N) is 1. The molecule has 1 atom stereocenters. The molecule has 0 radical (unpaired) electrons. The second-order valence-corrected chi connectivity index (χ2v) is 3.76. The Hall–Kier alpha value is -1.68. The highest BCUT2D eigenvalue weighted by Crippen LogP contribution is 2.04. The number of rotatable bonds is 5. The quantitative estimate of drug-likeness (QED) is 0.829. The molecule has 2 aromatic heterocycles. The fourth-order valence-corrected chi connectivity index (χ4v) is 1.50. The summed E-state index contributed by atoms with van der Waals surface area (Å²) in [6, 6.07) is 4.25. The minimum Gasteiger partial charge on any atom is -0.469 e. The third kappa shape index (κ3) is 3.17. The summed E-state index contributed by atoms with van der Waals surface area (Å²) >= 11 is 0. The van der Waals surface area contributed by atoms with E-state index >= 15 is 0 Å². The summed E-state index contributed by atoms with van der Waals surface area (Å²) in [6.07, 6.45) is 7.73. The summed E-state index contributed by atoms with van der Waals surface area (Å²) in [5.41, 5.74) is 0.953. The standard InChI is InChI=1S/C12H15N3O/c1-10(7-12-3-2-6-16-12)15-9-11-8-13-4-5-14-11/h2-6,8,10,15H,7,9H2,1H3. The molecule has 0 amide bonds. The van der Waals surface area contributed by atoms with Crippen molar-refractivity contribution < 1.29 is 4.42 Å². The first-order valence-corrected chi connectivity index (χ1v) is 5.35. The summed E-state index contributed by atoms with van der Waals surface area (Å²) in [5, 5.41) is 3.37. The van der Waals surface area contributed by atoms with Crippen LogP contribution in [0, 0.1) is 0 Å². The van der Waals surface area contributed by atoms with Crippen LogP contribution in [0.5, 0.6) is 0 Å². The molecule has 1 unspecified atom stereocenters. The van der Waals surface area contributed by atoms with E-state index in [9.17, 15) is 0 Å². The zero-order chi connectivity index (χ0) is 11.2. The molecule has 0 aromatic carbocycles. The molecule has 2 rings (SSSR count). The highest BCUT2D eigenvalue weighted by atomic mass is 16.3. The maximum Gasteiger partial charge on any atom is 0.105 e. The number of hydrogen-bond donors (Lipinski definition) is 1. The monoisotopic (exact) mass is 217 g/mol. The van der Waals surface area contributed by atoms with Gasteiger partial charge in [-0.25, -0.2) is 0 Å². The van der Waals surface area contributed by atoms with Crippen LogP contribution in [-0.4, -0.2) is 16.0 Å². The van der Waals surface area contributed by atoms with Crippen molar-refractivity contribution in [2.45, 2.75) is 25.9 Å². The molecule has 0 saturated heterocycles. The molecule has 0 aliphatic carbocycles. The molecular weight excluding hydrogens is 202 g/mol. The Morgan fingerprint density at radius 3 is 3.06 bits per heavy atom. The molecular formula is C12H15N3O. The zero-order valence-corrected chi connectivity index (χ0v) is 9.26. The third-order valence-corrected chi connectivity index (χ3v) is 2.34. The van der Waals surface area contributed by atoms with Gasteiger partial charge in [0.2, 0.25) is 0 Å². The molecule has 2 heterocycles. The van der Waals surface area contributed by atoms with Crippen LogP contribution < -0.4 is 5.32 Å². The average molecular weight is 217 g/mol. The van der Waals surface area contributed by atoms with Gasteiger partial charge >= 0.3 is 0 Å². The van der Waals surface area contributed by atoms with E-state index in [0.717, 1.165) is 24.4 Å². The normalized spacial score (nSPS) is 12.6. The lowest BCUT2D eigenvalue weighted by Crippen LogP contribution is -2.27. The van der Waals surface area contributed by atoms with E-state index in [2.05, 4.69) is 22.2 Å². The highest BCUT2D eigenvalue weighted by Gasteiger charge is 2.05. The molecule has 16 heavy (non-hydrogen) atoms. The molecule has 84 valence electrons. The first kappa shape index (κ1) is 10.8. The van der Waals surface area contributed by atoms with Crippen molar-refractivity contribution in [2.75, 3.05) is 0 Å². The van der Waals surface area contributed by atoms with Crippen LogP contribution in [-0.2, 0) is 13.0 Å². The largest absolute Gasteiger partial charge is 0.469 e. The van der Waals surface area contributed by atoms with Gasteiger partial charge in [-0.1, -0.05) is 0 Å². The van der Waals surface area contributed by atoms with Crippen molar-refractivity contribution >= 4 is 0 Å². The Morgan fingerprint density at radius 1 is 1.44 bits per heavy atom. The lowest BCUT2D eigenvalue weighted by Gasteiger charge is -2.11. The van der Waals surface area contributed by atoms with E-state index in [1.165, 1.54) is 0 Å². The molecule has 0 bridgehead atoms. The Labute approximate surface area is 94.7 Å². The fraction of sp³-hybridized carbons (Fsp3) is 0.333. The van der Waals surface area contributed by atoms with Gasteiger partial charge in [-0.15, -0.1) is 0 Å². The van der Waals surface area contributed by atoms with Crippen LogP contribution in [0.2, 0.25) is 0 Å². The molecule has 0 aliphatic rings. The molecule has 4 nitrogen and oxygen atoms in total. The number of furan rings is 1. The van der Waals surface area contributed by atoms with Crippen molar-refractivity contribution in [3.63, 3.8) is 0 Å². The molecule has 4 heteroatoms. The van der Waals surface area contributed by atoms with Gasteiger partial charge in [0.05, 0.1) is 12.0 Å². The van der Waals surface area contributed by atoms with Gasteiger partial charge in [-0.3, -0.25) is 9.97 Å². The molecule has 0 aliphatic heterocycles. The third-order valence-electron chi connectivity index (χ3n) is 2.34. The molecule has 2 aromatic rings. The number of aromatic nitrogens is 2. The summed E-state index contributed by atoms with van der Waals surface area (Å²) in [5.74, 6) is 0.999. The lowest BCUT2D eigenvalue weighted by atomic mass is 10.2. The summed E-state index contributed by atoms with van der Waals surface area (Å²) < 4.78 is 5.29. The minimum atomic E-state index is 0.355. The van der Waals surface area contributed by atoms with Crippen LogP contribution in [0.15, 0.2) is 41.4 Å². The predicted molar refractivity (Wildman–Crippen MR) is 60.7 cm³/mol. The molecule has 0 spiro atoms. The van der Waals surface area contributed by atoms with Crippen molar-refractivity contribution in [3.8, 4) is 0 Å². The van der Waals surface area contributed by atoms with Gasteiger partial charge in [0, 0.05) is 37.6 Å². The predicted octanol–water partition coefficient (Wildman–Crippen LogP) is 1.79. The first-order chi connectivity index (χ1) is 7.84. The minimum absolute atomic E-state index is 0.355. The van der Waals surface area contributed by atoms with Crippen LogP contribution >= 0.6 is 0 Å². The van der Waals surface area contributed by atoms with E-state index in [1.807, 2.05) is 12.1 Å². The fourth-order valence-electron chi connectivity index (χ4n) is 1.50. The van der Waals surface area contributed by atoms with Crippen molar-refractivity contribution in [1.29, 1.82) is 0 Å². The topological polar surface area (TPSA) is 51.0 Å². The Morgan fingerprint density at radius 2 is 2.38 bits per heavy atom. The molecule has 1 N–H and O–H groups in total. The summed E-state index contributed by atoms with van der Waals surface area (Å²) in [4.78, 5) is 8.22. The van der Waals surface area contributed by atoms with Crippen molar-refractivity contribution in [3.05, 3.63) is 48.4 Å². The first-order valence-electron chi connectivity index (χ1n) is 5.35. The average Bonchev–Trinajstić information content (AvgIpc) is 2.81. The van der Waals surface area contributed by atoms with Gasteiger partial charge in [0.1, 0.15) is 5.76 Å². The zero-order valence-electron chi connectivity index (χ0n) is 9.26. The van der Waals surface area contributed by atoms with Crippen LogP contribution in [0.25, 0.3) is 0 Å². The van der Waals surface area contributed by atoms with E-state index in [4.69, 9.17) is 4.42 Å². The number of nitrogens with zero attached hydrogens (tertiary/aromatic N) is 2. The van der Waals surface area contributed by atoms with E-state index < -0.39 is 0 Å². The van der Waals surface area contributed by atoms with Gasteiger partial charge in [-0.2, -0.15) is 0 Å². The molecule has 0 fully saturated rings. The van der Waals surface area contributed by atoms with Crippen LogP contribution in [0.1, 0.15) is 18.4 Å². The lowest BCUT2D eigenvalue weighted by molar-refractivity contribution is 0.455. The smallest absolute Gasteiger partial charge is 0.105 e. The maximum atomic E-state index is 5.29. The van der Waals surface area contributed by atoms with Crippen molar-refractivity contribution in [2.24, 2.45) is 0 Å². The maximum absolute atomic E-state index is 5.29. The second-order valence-electron chi connectivity index (χ2n) is 3.76. The van der Waals surface area contributed by atoms with Gasteiger partial charge < -0.3 is 9.73 Å². The van der Waals surface area contributed by atoms with Gasteiger partial charge in [0.15, 0.2) is 0 Å². The highest BCUT2D eigenvalue weighted by molar-refractivity contribution is 5.00. The van der Waals surface area contributed by atoms with E-state index in [0.29, 0.717) is 6.04 Å². The molecule has 0 saturated carbocycles. The van der Waals surface area contributed by atoms with Crippen LogP contribution in [0.4, 0.5) is 0 Å². The SMILES string of the molecule is CC(Cc1ccco1)NCc1cnccn1. The van der Waals surface area contributed by atoms with E-state index in [1.54, 1.807) is 24.9 Å². The summed E-state index contributed by atoms with van der Waals surface area (Å²) in [6.45, 7) is 2.86. The van der Waals surface area contributed by atoms with Crippen molar-refractivity contribution in [1.82, 2.24) is 15.3 Å². The Kier molecular flexibility index (Phi) is 3.66. The Balaban J connectivity index is 1.78. The number of hydrogen-bond acceptors (Lipinski definition) is 4. The Bertz CT molecular complexity index is 399. The van der Waals surface area contributed by atoms with Gasteiger partial charge in [0.25, 0.3) is 0 Å². The van der Waals surface area contributed by atoms with Gasteiger partial charge in [-0.05, 0) is 19.1 Å². The van der Waals surface area contributed by atoms with E-state index in [-0.39, 0.29) is 0 Å².